The Bertz CT molecular complexity index is 1300. The van der Waals surface area contributed by atoms with Crippen LogP contribution in [0, 0.1) is 27.3 Å². The Kier molecular flexibility index (Phi) is 5.10. The quantitative estimate of drug-likeness (QED) is 0.243. The summed E-state index contributed by atoms with van der Waals surface area (Å²) >= 11 is 0. The first-order valence-corrected chi connectivity index (χ1v) is 9.24. The monoisotopic (exact) mass is 397 g/mol. The van der Waals surface area contributed by atoms with Crippen molar-refractivity contribution in [2.45, 2.75) is 6.54 Å². The lowest BCUT2D eigenvalue weighted by molar-refractivity contribution is -0.384. The maximum absolute atomic E-state index is 13.2. The molecule has 1 heterocycles. The summed E-state index contributed by atoms with van der Waals surface area (Å²) in [5.41, 5.74) is 3.92. The van der Waals surface area contributed by atoms with E-state index in [1.807, 2.05) is 35.0 Å². The highest BCUT2D eigenvalue weighted by atomic mass is 19.1. The fraction of sp³-hybridized carbons (Fsp3) is 0.0417. The van der Waals surface area contributed by atoms with Crippen LogP contribution in [0.5, 0.6) is 0 Å². The highest BCUT2D eigenvalue weighted by molar-refractivity contribution is 5.98. The minimum atomic E-state index is -0.420. The third-order valence-corrected chi connectivity index (χ3v) is 4.90. The molecule has 6 heteroatoms. The summed E-state index contributed by atoms with van der Waals surface area (Å²) in [6, 6.07) is 22.3. The second-order valence-electron chi connectivity index (χ2n) is 6.83. The maximum atomic E-state index is 13.2. The molecule has 0 amide bonds. The van der Waals surface area contributed by atoms with Gasteiger partial charge in [0.15, 0.2) is 0 Å². The average molecular weight is 397 g/mol. The molecule has 0 aliphatic carbocycles. The molecule has 0 aliphatic heterocycles. The molecule has 4 aromatic rings. The molecular formula is C24H16FN3O2. The van der Waals surface area contributed by atoms with E-state index in [9.17, 15) is 19.8 Å². The molecule has 0 saturated heterocycles. The summed E-state index contributed by atoms with van der Waals surface area (Å²) in [7, 11) is 0. The van der Waals surface area contributed by atoms with E-state index < -0.39 is 4.92 Å². The van der Waals surface area contributed by atoms with Crippen LogP contribution in [0.15, 0.2) is 79.0 Å². The summed E-state index contributed by atoms with van der Waals surface area (Å²) in [6.07, 6.45) is 3.74. The number of non-ortho nitro benzene ring substituents is 1. The lowest BCUT2D eigenvalue weighted by Crippen LogP contribution is -1.98. The molecule has 3 aromatic carbocycles. The number of halogens is 1. The molecule has 146 valence electrons. The number of hydrogen-bond acceptors (Lipinski definition) is 3. The Balaban J connectivity index is 1.74. The molecule has 0 unspecified atom stereocenters. The molecule has 30 heavy (non-hydrogen) atoms. The Morgan fingerprint density at radius 3 is 2.43 bits per heavy atom. The summed E-state index contributed by atoms with van der Waals surface area (Å²) < 4.78 is 15.3. The second-order valence-corrected chi connectivity index (χ2v) is 6.83. The number of nitrogens with zero attached hydrogens (tertiary/aromatic N) is 3. The van der Waals surface area contributed by atoms with E-state index in [2.05, 4.69) is 6.07 Å². The summed E-state index contributed by atoms with van der Waals surface area (Å²) in [5.74, 6) is -0.351. The lowest BCUT2D eigenvalue weighted by atomic mass is 10.0. The molecule has 0 fully saturated rings. The fourth-order valence-corrected chi connectivity index (χ4v) is 3.41. The van der Waals surface area contributed by atoms with E-state index in [4.69, 9.17) is 0 Å². The number of nitro benzene ring substituents is 1. The van der Waals surface area contributed by atoms with Gasteiger partial charge in [-0.1, -0.05) is 42.5 Å². The maximum Gasteiger partial charge on any atom is 0.269 e. The third kappa shape index (κ3) is 3.82. The van der Waals surface area contributed by atoms with Crippen molar-refractivity contribution in [3.05, 3.63) is 112 Å². The van der Waals surface area contributed by atoms with Crippen LogP contribution in [-0.2, 0) is 6.54 Å². The summed E-state index contributed by atoms with van der Waals surface area (Å²) in [5, 5.41) is 21.5. The van der Waals surface area contributed by atoms with Gasteiger partial charge >= 0.3 is 0 Å². The van der Waals surface area contributed by atoms with Gasteiger partial charge in [-0.2, -0.15) is 5.26 Å². The predicted molar refractivity (Wildman–Crippen MR) is 114 cm³/mol. The fourth-order valence-electron chi connectivity index (χ4n) is 3.41. The molecule has 0 atom stereocenters. The van der Waals surface area contributed by atoms with Crippen LogP contribution in [0.1, 0.15) is 16.7 Å². The average Bonchev–Trinajstić information content (AvgIpc) is 3.10. The molecular weight excluding hydrogens is 381 g/mol. The highest BCUT2D eigenvalue weighted by Crippen LogP contribution is 2.27. The molecule has 0 N–H and O–H groups in total. The number of nitro groups is 1. The van der Waals surface area contributed by atoms with Gasteiger partial charge in [0.25, 0.3) is 5.69 Å². The second kappa shape index (κ2) is 8.02. The third-order valence-electron chi connectivity index (χ3n) is 4.90. The van der Waals surface area contributed by atoms with Gasteiger partial charge in [-0.3, -0.25) is 10.1 Å². The first kappa shape index (κ1) is 19.1. The van der Waals surface area contributed by atoms with Crippen molar-refractivity contribution in [2.24, 2.45) is 0 Å². The standard InChI is InChI=1S/C24H16FN3O2/c25-21-9-7-18(8-10-21)19(14-26)13-20-16-27(24-4-2-1-3-23(20)24)15-17-5-11-22(12-6-17)28(29)30/h1-13,16H,15H2. The van der Waals surface area contributed by atoms with Gasteiger partial charge in [0.1, 0.15) is 5.82 Å². The zero-order chi connectivity index (χ0) is 21.1. The SMILES string of the molecule is N#CC(=Cc1cn(Cc2ccc([N+](=O)[O-])cc2)c2ccccc12)c1ccc(F)cc1. The van der Waals surface area contributed by atoms with Gasteiger partial charge in [-0.05, 0) is 35.4 Å². The Labute approximate surface area is 172 Å². The van der Waals surface area contributed by atoms with Crippen LogP contribution in [0.4, 0.5) is 10.1 Å². The van der Waals surface area contributed by atoms with E-state index in [-0.39, 0.29) is 11.5 Å². The number of aromatic nitrogens is 1. The number of para-hydroxylation sites is 1. The zero-order valence-corrected chi connectivity index (χ0v) is 15.8. The smallest absolute Gasteiger partial charge is 0.269 e. The Morgan fingerprint density at radius 1 is 1.07 bits per heavy atom. The van der Waals surface area contributed by atoms with Crippen molar-refractivity contribution >= 4 is 28.2 Å². The van der Waals surface area contributed by atoms with Crippen molar-refractivity contribution in [3.8, 4) is 6.07 Å². The minimum Gasteiger partial charge on any atom is -0.342 e. The van der Waals surface area contributed by atoms with Gasteiger partial charge in [-0.25, -0.2) is 4.39 Å². The predicted octanol–water partition coefficient (Wildman–Crippen LogP) is 5.80. The topological polar surface area (TPSA) is 71.9 Å². The Hall–Kier alpha value is -4.24. The van der Waals surface area contributed by atoms with E-state index in [1.165, 1.54) is 24.3 Å². The van der Waals surface area contributed by atoms with Gasteiger partial charge < -0.3 is 4.57 Å². The number of nitriles is 1. The molecule has 0 bridgehead atoms. The van der Waals surface area contributed by atoms with Gasteiger partial charge in [-0.15, -0.1) is 0 Å². The lowest BCUT2D eigenvalue weighted by Gasteiger charge is -2.05. The first-order valence-electron chi connectivity index (χ1n) is 9.24. The molecule has 0 aliphatic rings. The van der Waals surface area contributed by atoms with Crippen LogP contribution in [0.25, 0.3) is 22.6 Å². The largest absolute Gasteiger partial charge is 0.342 e. The van der Waals surface area contributed by atoms with E-state index in [0.717, 1.165) is 22.0 Å². The molecule has 0 spiro atoms. The normalized spacial score (nSPS) is 11.4. The van der Waals surface area contributed by atoms with Crippen molar-refractivity contribution < 1.29 is 9.31 Å². The van der Waals surface area contributed by atoms with Crippen LogP contribution in [0.3, 0.4) is 0 Å². The number of allylic oxidation sites excluding steroid dienone is 1. The molecule has 0 saturated carbocycles. The van der Waals surface area contributed by atoms with E-state index in [1.54, 1.807) is 30.3 Å². The van der Waals surface area contributed by atoms with Crippen molar-refractivity contribution in [3.63, 3.8) is 0 Å². The number of fused-ring (bicyclic) bond motifs is 1. The first-order chi connectivity index (χ1) is 14.5. The minimum absolute atomic E-state index is 0.0534. The molecule has 0 radical (unpaired) electrons. The van der Waals surface area contributed by atoms with Gasteiger partial charge in [0, 0.05) is 41.3 Å². The van der Waals surface area contributed by atoms with Crippen LogP contribution in [-0.4, -0.2) is 9.49 Å². The molecule has 1 aromatic heterocycles. The zero-order valence-electron chi connectivity index (χ0n) is 15.8. The number of rotatable bonds is 5. The van der Waals surface area contributed by atoms with Gasteiger partial charge in [0.05, 0.1) is 16.6 Å². The van der Waals surface area contributed by atoms with E-state index >= 15 is 0 Å². The molecule has 5 nitrogen and oxygen atoms in total. The number of hydrogen-bond donors (Lipinski definition) is 0. The van der Waals surface area contributed by atoms with Crippen LogP contribution >= 0.6 is 0 Å². The summed E-state index contributed by atoms with van der Waals surface area (Å²) in [4.78, 5) is 10.4. The van der Waals surface area contributed by atoms with Gasteiger partial charge in [0.2, 0.25) is 0 Å². The van der Waals surface area contributed by atoms with Crippen LogP contribution < -0.4 is 0 Å². The molecule has 4 rings (SSSR count). The van der Waals surface area contributed by atoms with Crippen molar-refractivity contribution in [1.29, 1.82) is 5.26 Å². The summed E-state index contributed by atoms with van der Waals surface area (Å²) in [6.45, 7) is 0.533. The Morgan fingerprint density at radius 2 is 1.77 bits per heavy atom. The van der Waals surface area contributed by atoms with Crippen molar-refractivity contribution in [1.82, 2.24) is 4.57 Å². The van der Waals surface area contributed by atoms with Crippen molar-refractivity contribution in [2.75, 3.05) is 0 Å². The van der Waals surface area contributed by atoms with Crippen LogP contribution in [0.2, 0.25) is 0 Å². The van der Waals surface area contributed by atoms with E-state index in [0.29, 0.717) is 17.7 Å². The highest BCUT2D eigenvalue weighted by Gasteiger charge is 2.10. The number of benzene rings is 3.